The number of benzene rings is 3. The molecule has 7 heteroatoms. The number of halogens is 2. The Morgan fingerprint density at radius 1 is 0.967 bits per heavy atom. The fourth-order valence-corrected chi connectivity index (χ4v) is 4.12. The smallest absolute Gasteiger partial charge is 0.196 e. The maximum atomic E-state index is 14.0. The lowest BCUT2D eigenvalue weighted by molar-refractivity contribution is 0.213. The summed E-state index contributed by atoms with van der Waals surface area (Å²) in [7, 11) is 0. The summed E-state index contributed by atoms with van der Waals surface area (Å²) in [5.41, 5.74) is 1.52. The average molecular weight is 440 g/mol. The Labute approximate surface area is 183 Å². The molecule has 0 bridgehead atoms. The molecule has 0 N–H and O–H groups in total. The lowest BCUT2D eigenvalue weighted by atomic mass is 10.2. The van der Waals surface area contributed by atoms with Crippen LogP contribution in [0.5, 0.6) is 5.75 Å². The molecule has 3 aromatic carbocycles. The number of thioether (sulfide) groups is 1. The van der Waals surface area contributed by atoms with Gasteiger partial charge in [-0.25, -0.2) is 4.39 Å². The molecule has 0 fully saturated rings. The van der Waals surface area contributed by atoms with Crippen LogP contribution in [-0.2, 0) is 5.75 Å². The lowest BCUT2D eigenvalue weighted by Gasteiger charge is -2.17. The quantitative estimate of drug-likeness (QED) is 0.308. The molecule has 0 saturated carbocycles. The Morgan fingerprint density at radius 2 is 1.67 bits per heavy atom. The average Bonchev–Trinajstić information content (AvgIpc) is 3.19. The number of hydrogen-bond acceptors (Lipinski definition) is 4. The minimum absolute atomic E-state index is 0.230. The molecule has 30 heavy (non-hydrogen) atoms. The molecule has 1 heterocycles. The molecule has 0 aliphatic carbocycles. The topological polar surface area (TPSA) is 39.9 Å². The standard InChI is InChI=1S/C23H19ClFN3OS/c1-16(29-21-14-8-6-12-19(21)24)22-26-27-23(28(22)18-10-3-2-4-11-18)30-15-17-9-5-7-13-20(17)25/h2-14,16H,15H2,1H3. The molecule has 0 aliphatic rings. The number of hydrogen-bond donors (Lipinski definition) is 0. The Hall–Kier alpha value is -2.83. The van der Waals surface area contributed by atoms with Gasteiger partial charge in [0.25, 0.3) is 0 Å². The number of para-hydroxylation sites is 2. The Morgan fingerprint density at radius 3 is 2.43 bits per heavy atom. The first-order valence-corrected chi connectivity index (χ1v) is 10.8. The van der Waals surface area contributed by atoms with Crippen LogP contribution in [0.25, 0.3) is 5.69 Å². The number of rotatable bonds is 7. The molecule has 4 rings (SSSR count). The van der Waals surface area contributed by atoms with E-state index in [2.05, 4.69) is 10.2 Å². The normalized spacial score (nSPS) is 12.0. The summed E-state index contributed by atoms with van der Waals surface area (Å²) < 4.78 is 22.0. The summed E-state index contributed by atoms with van der Waals surface area (Å²) in [5, 5.41) is 9.94. The SMILES string of the molecule is CC(Oc1ccccc1Cl)c1nnc(SCc2ccccc2F)n1-c1ccccc1. The van der Waals surface area contributed by atoms with Gasteiger partial charge in [-0.3, -0.25) is 4.57 Å². The molecule has 1 atom stereocenters. The maximum absolute atomic E-state index is 14.0. The Bertz CT molecular complexity index is 1140. The molecule has 4 aromatic rings. The molecule has 1 aromatic heterocycles. The zero-order valence-corrected chi connectivity index (χ0v) is 17.8. The van der Waals surface area contributed by atoms with Crippen LogP contribution in [0.4, 0.5) is 4.39 Å². The van der Waals surface area contributed by atoms with Gasteiger partial charge in [-0.1, -0.05) is 71.9 Å². The van der Waals surface area contributed by atoms with Crippen LogP contribution < -0.4 is 4.74 Å². The first-order valence-electron chi connectivity index (χ1n) is 9.41. The fourth-order valence-electron chi connectivity index (χ4n) is 3.00. The van der Waals surface area contributed by atoms with Crippen molar-refractivity contribution in [3.63, 3.8) is 0 Å². The van der Waals surface area contributed by atoms with Crippen LogP contribution in [0.1, 0.15) is 24.4 Å². The van der Waals surface area contributed by atoms with Crippen molar-refractivity contribution < 1.29 is 9.13 Å². The zero-order valence-electron chi connectivity index (χ0n) is 16.2. The van der Waals surface area contributed by atoms with E-state index >= 15 is 0 Å². The second kappa shape index (κ2) is 9.32. The molecule has 4 nitrogen and oxygen atoms in total. The van der Waals surface area contributed by atoms with Crippen LogP contribution in [0, 0.1) is 5.82 Å². The maximum Gasteiger partial charge on any atom is 0.196 e. The predicted molar refractivity (Wildman–Crippen MR) is 118 cm³/mol. The van der Waals surface area contributed by atoms with E-state index in [0.717, 1.165) is 5.69 Å². The van der Waals surface area contributed by atoms with Gasteiger partial charge in [-0.15, -0.1) is 10.2 Å². The minimum atomic E-state index is -0.402. The summed E-state index contributed by atoms with van der Waals surface area (Å²) in [4.78, 5) is 0. The van der Waals surface area contributed by atoms with Gasteiger partial charge < -0.3 is 4.74 Å². The van der Waals surface area contributed by atoms with Gasteiger partial charge in [-0.2, -0.15) is 0 Å². The van der Waals surface area contributed by atoms with Crippen molar-refractivity contribution in [3.8, 4) is 11.4 Å². The molecule has 1 unspecified atom stereocenters. The first kappa shape index (κ1) is 20.4. The van der Waals surface area contributed by atoms with E-state index < -0.39 is 6.10 Å². The summed E-state index contributed by atoms with van der Waals surface area (Å²) in [6, 6.07) is 23.8. The van der Waals surface area contributed by atoms with Crippen LogP contribution in [0.3, 0.4) is 0 Å². The van der Waals surface area contributed by atoms with Gasteiger partial charge in [0, 0.05) is 11.4 Å². The van der Waals surface area contributed by atoms with E-state index in [1.807, 2.05) is 66.1 Å². The van der Waals surface area contributed by atoms with Gasteiger partial charge in [0.1, 0.15) is 11.6 Å². The van der Waals surface area contributed by atoms with Crippen LogP contribution in [-0.4, -0.2) is 14.8 Å². The van der Waals surface area contributed by atoms with E-state index in [0.29, 0.717) is 33.1 Å². The van der Waals surface area contributed by atoms with Gasteiger partial charge in [0.15, 0.2) is 17.1 Å². The molecule has 0 aliphatic heterocycles. The highest BCUT2D eigenvalue weighted by molar-refractivity contribution is 7.98. The zero-order chi connectivity index (χ0) is 20.9. The van der Waals surface area contributed by atoms with Crippen molar-refractivity contribution in [2.45, 2.75) is 23.9 Å². The largest absolute Gasteiger partial charge is 0.481 e. The molecular formula is C23H19ClFN3OS. The van der Waals surface area contributed by atoms with Crippen LogP contribution >= 0.6 is 23.4 Å². The predicted octanol–water partition coefficient (Wildman–Crippen LogP) is 6.49. The highest BCUT2D eigenvalue weighted by atomic mass is 35.5. The van der Waals surface area contributed by atoms with Crippen molar-refractivity contribution in [3.05, 3.63) is 101 Å². The molecule has 0 amide bonds. The third kappa shape index (κ3) is 4.50. The van der Waals surface area contributed by atoms with E-state index in [-0.39, 0.29) is 5.82 Å². The summed E-state index contributed by atoms with van der Waals surface area (Å²) in [6.07, 6.45) is -0.402. The van der Waals surface area contributed by atoms with Crippen molar-refractivity contribution in [2.24, 2.45) is 0 Å². The van der Waals surface area contributed by atoms with E-state index in [1.165, 1.54) is 17.8 Å². The van der Waals surface area contributed by atoms with Crippen molar-refractivity contribution in [1.29, 1.82) is 0 Å². The van der Waals surface area contributed by atoms with Crippen LogP contribution in [0.15, 0.2) is 84.0 Å². The van der Waals surface area contributed by atoms with Gasteiger partial charge in [0.2, 0.25) is 0 Å². The third-order valence-electron chi connectivity index (χ3n) is 4.49. The molecule has 152 valence electrons. The molecule has 0 spiro atoms. The van der Waals surface area contributed by atoms with Crippen LogP contribution in [0.2, 0.25) is 5.02 Å². The lowest BCUT2D eigenvalue weighted by Crippen LogP contribution is -2.11. The Kier molecular flexibility index (Phi) is 6.35. The fraction of sp³-hybridized carbons (Fsp3) is 0.130. The number of nitrogens with zero attached hydrogens (tertiary/aromatic N) is 3. The summed E-state index contributed by atoms with van der Waals surface area (Å²) in [6.45, 7) is 1.90. The van der Waals surface area contributed by atoms with Gasteiger partial charge in [0.05, 0.1) is 5.02 Å². The van der Waals surface area contributed by atoms with E-state index in [9.17, 15) is 4.39 Å². The van der Waals surface area contributed by atoms with Crippen molar-refractivity contribution in [2.75, 3.05) is 0 Å². The van der Waals surface area contributed by atoms with Crippen molar-refractivity contribution >= 4 is 23.4 Å². The molecule has 0 saturated heterocycles. The van der Waals surface area contributed by atoms with Crippen molar-refractivity contribution in [1.82, 2.24) is 14.8 Å². The molecular weight excluding hydrogens is 421 g/mol. The Balaban J connectivity index is 1.65. The third-order valence-corrected chi connectivity index (χ3v) is 5.78. The second-order valence-corrected chi connectivity index (χ2v) is 7.93. The number of aromatic nitrogens is 3. The first-order chi connectivity index (χ1) is 14.6. The monoisotopic (exact) mass is 439 g/mol. The number of ether oxygens (including phenoxy) is 1. The van der Waals surface area contributed by atoms with E-state index in [4.69, 9.17) is 16.3 Å². The summed E-state index contributed by atoms with van der Waals surface area (Å²) in [5.74, 6) is 1.43. The van der Waals surface area contributed by atoms with E-state index in [1.54, 1.807) is 18.2 Å². The highest BCUT2D eigenvalue weighted by Crippen LogP contribution is 2.32. The summed E-state index contributed by atoms with van der Waals surface area (Å²) >= 11 is 7.67. The second-order valence-electron chi connectivity index (χ2n) is 6.58. The molecule has 0 radical (unpaired) electrons. The van der Waals surface area contributed by atoms with Gasteiger partial charge in [-0.05, 0) is 42.8 Å². The highest BCUT2D eigenvalue weighted by Gasteiger charge is 2.22. The van der Waals surface area contributed by atoms with Gasteiger partial charge >= 0.3 is 0 Å². The minimum Gasteiger partial charge on any atom is -0.481 e.